The minimum Gasteiger partial charge on any atom is -0.462 e. The van der Waals surface area contributed by atoms with E-state index in [1.807, 2.05) is 0 Å². The highest BCUT2D eigenvalue weighted by Crippen LogP contribution is 2.19. The monoisotopic (exact) mass is 1160 g/mol. The first kappa shape index (κ1) is 79.8. The fraction of sp³-hybridized carbons (Fsp3) is 0.805. The molecule has 1 unspecified atom stereocenters. The topological polar surface area (TPSA) is 78.9 Å². The Morgan fingerprint density at radius 3 is 0.735 bits per heavy atom. The zero-order chi connectivity index (χ0) is 59.9. The number of unbranched alkanes of at least 4 members (excludes halogenated alkanes) is 44. The maximum absolute atomic E-state index is 13.0. The first-order valence-electron chi connectivity index (χ1n) is 36.4. The van der Waals surface area contributed by atoms with E-state index < -0.39 is 6.10 Å². The summed E-state index contributed by atoms with van der Waals surface area (Å²) in [5.74, 6) is -0.880. The third-order valence-corrected chi connectivity index (χ3v) is 16.2. The molecule has 83 heavy (non-hydrogen) atoms. The van der Waals surface area contributed by atoms with Crippen LogP contribution in [0.5, 0.6) is 0 Å². The van der Waals surface area contributed by atoms with Crippen molar-refractivity contribution in [3.63, 3.8) is 0 Å². The SMILES string of the molecule is CC/C=C\C/C=C\C/C=C\C/C=C\C/C=C\C/C=C\CCCCCCC(=O)OC(COC(=O)CCCCCCCCCCCCCCCCCCC)COC(=O)CCCCCCCCCCCCCCCCCCCCCCCCCCC. The van der Waals surface area contributed by atoms with E-state index in [-0.39, 0.29) is 31.1 Å². The van der Waals surface area contributed by atoms with Crippen molar-refractivity contribution in [2.75, 3.05) is 13.2 Å². The molecule has 0 fully saturated rings. The van der Waals surface area contributed by atoms with E-state index in [0.29, 0.717) is 19.3 Å². The second kappa shape index (κ2) is 71.3. The molecule has 0 heterocycles. The van der Waals surface area contributed by atoms with Crippen LogP contribution in [0.4, 0.5) is 0 Å². The molecule has 0 saturated heterocycles. The van der Waals surface area contributed by atoms with Crippen LogP contribution in [0.25, 0.3) is 0 Å². The number of hydrogen-bond acceptors (Lipinski definition) is 6. The summed E-state index contributed by atoms with van der Waals surface area (Å²) in [7, 11) is 0. The number of carbonyl (C=O) groups excluding carboxylic acids is 3. The van der Waals surface area contributed by atoms with Crippen LogP contribution in [0.3, 0.4) is 0 Å². The average molecular weight is 1160 g/mol. The third kappa shape index (κ3) is 69.5. The van der Waals surface area contributed by atoms with Crippen molar-refractivity contribution < 1.29 is 28.6 Å². The summed E-state index contributed by atoms with van der Waals surface area (Å²) in [5, 5.41) is 0. The fourth-order valence-electron chi connectivity index (χ4n) is 10.8. The summed E-state index contributed by atoms with van der Waals surface area (Å²) >= 11 is 0. The van der Waals surface area contributed by atoms with Gasteiger partial charge in [0, 0.05) is 19.3 Å². The highest BCUT2D eigenvalue weighted by molar-refractivity contribution is 5.71. The Balaban J connectivity index is 4.35. The van der Waals surface area contributed by atoms with Crippen LogP contribution in [0.1, 0.15) is 380 Å². The van der Waals surface area contributed by atoms with Gasteiger partial charge in [-0.1, -0.05) is 363 Å². The van der Waals surface area contributed by atoms with Crippen molar-refractivity contribution in [3.8, 4) is 0 Å². The van der Waals surface area contributed by atoms with Crippen molar-refractivity contribution >= 4 is 17.9 Å². The second-order valence-electron chi connectivity index (χ2n) is 24.5. The van der Waals surface area contributed by atoms with E-state index in [1.165, 1.54) is 231 Å². The molecule has 0 aromatic rings. The molecular formula is C77H138O6. The maximum Gasteiger partial charge on any atom is 0.306 e. The van der Waals surface area contributed by atoms with Crippen LogP contribution >= 0.6 is 0 Å². The number of carbonyl (C=O) groups is 3. The fourth-order valence-corrected chi connectivity index (χ4v) is 10.8. The van der Waals surface area contributed by atoms with E-state index >= 15 is 0 Å². The molecule has 0 aromatic carbocycles. The summed E-state index contributed by atoms with van der Waals surface area (Å²) in [6, 6.07) is 0. The number of hydrogen-bond donors (Lipinski definition) is 0. The Morgan fingerprint density at radius 1 is 0.253 bits per heavy atom. The van der Waals surface area contributed by atoms with Gasteiger partial charge < -0.3 is 14.2 Å². The molecule has 6 nitrogen and oxygen atoms in total. The lowest BCUT2D eigenvalue weighted by Gasteiger charge is -2.18. The van der Waals surface area contributed by atoms with Crippen LogP contribution in [0.2, 0.25) is 0 Å². The van der Waals surface area contributed by atoms with E-state index in [9.17, 15) is 14.4 Å². The lowest BCUT2D eigenvalue weighted by atomic mass is 10.0. The molecule has 0 bridgehead atoms. The van der Waals surface area contributed by atoms with E-state index in [0.717, 1.165) is 109 Å². The van der Waals surface area contributed by atoms with Gasteiger partial charge in [0.25, 0.3) is 0 Å². The summed E-state index contributed by atoms with van der Waals surface area (Å²) in [6.45, 7) is 6.58. The molecule has 0 radical (unpaired) electrons. The molecule has 0 amide bonds. The van der Waals surface area contributed by atoms with Gasteiger partial charge in [0.1, 0.15) is 13.2 Å². The quantitative estimate of drug-likeness (QED) is 0.0261. The third-order valence-electron chi connectivity index (χ3n) is 16.2. The molecular weight excluding hydrogens is 1020 g/mol. The number of esters is 3. The van der Waals surface area contributed by atoms with Crippen molar-refractivity contribution in [3.05, 3.63) is 72.9 Å². The first-order chi connectivity index (χ1) is 41.0. The number of allylic oxidation sites excluding steroid dienone is 12. The molecule has 482 valence electrons. The van der Waals surface area contributed by atoms with Gasteiger partial charge in [-0.15, -0.1) is 0 Å². The van der Waals surface area contributed by atoms with Crippen LogP contribution < -0.4 is 0 Å². The Hall–Kier alpha value is -3.15. The van der Waals surface area contributed by atoms with E-state index in [4.69, 9.17) is 14.2 Å². The lowest BCUT2D eigenvalue weighted by Crippen LogP contribution is -2.30. The Kier molecular flexibility index (Phi) is 68.6. The summed E-state index contributed by atoms with van der Waals surface area (Å²) in [6.07, 6.45) is 93.6. The smallest absolute Gasteiger partial charge is 0.306 e. The molecule has 0 aliphatic rings. The van der Waals surface area contributed by atoms with Crippen molar-refractivity contribution in [1.82, 2.24) is 0 Å². The Bertz CT molecular complexity index is 1520. The first-order valence-corrected chi connectivity index (χ1v) is 36.4. The van der Waals surface area contributed by atoms with Gasteiger partial charge in [0.05, 0.1) is 0 Å². The van der Waals surface area contributed by atoms with Gasteiger partial charge in [0.2, 0.25) is 0 Å². The Morgan fingerprint density at radius 2 is 0.470 bits per heavy atom. The minimum atomic E-state index is -0.789. The van der Waals surface area contributed by atoms with Crippen LogP contribution in [-0.2, 0) is 28.6 Å². The zero-order valence-electron chi connectivity index (χ0n) is 55.5. The lowest BCUT2D eigenvalue weighted by molar-refractivity contribution is -0.167. The molecule has 0 N–H and O–H groups in total. The average Bonchev–Trinajstić information content (AvgIpc) is 3.49. The predicted octanol–water partition coefficient (Wildman–Crippen LogP) is 25.2. The Labute approximate surface area is 516 Å². The molecule has 6 heteroatoms. The molecule has 1 atom stereocenters. The van der Waals surface area contributed by atoms with Crippen molar-refractivity contribution in [2.45, 2.75) is 386 Å². The molecule has 0 saturated carbocycles. The molecule has 0 aromatic heterocycles. The van der Waals surface area contributed by atoms with Gasteiger partial charge in [-0.2, -0.15) is 0 Å². The minimum absolute atomic E-state index is 0.0810. The summed E-state index contributed by atoms with van der Waals surface area (Å²) < 4.78 is 17.0. The molecule has 0 aliphatic carbocycles. The predicted molar refractivity (Wildman–Crippen MR) is 362 cm³/mol. The van der Waals surface area contributed by atoms with Gasteiger partial charge in [-0.05, 0) is 70.6 Å². The molecule has 0 aliphatic heterocycles. The van der Waals surface area contributed by atoms with Crippen molar-refractivity contribution in [2.24, 2.45) is 0 Å². The largest absolute Gasteiger partial charge is 0.462 e. The van der Waals surface area contributed by atoms with Crippen LogP contribution in [-0.4, -0.2) is 37.2 Å². The highest BCUT2D eigenvalue weighted by atomic mass is 16.6. The zero-order valence-corrected chi connectivity index (χ0v) is 55.5. The summed E-state index contributed by atoms with van der Waals surface area (Å²) in [4.78, 5) is 38.5. The van der Waals surface area contributed by atoms with Gasteiger partial charge in [-0.3, -0.25) is 14.4 Å². The van der Waals surface area contributed by atoms with Crippen LogP contribution in [0.15, 0.2) is 72.9 Å². The van der Waals surface area contributed by atoms with Gasteiger partial charge >= 0.3 is 17.9 Å². The standard InChI is InChI=1S/C77H138O6/c1-4-7-10-13-16-19-22-25-28-31-33-35-37-38-40-41-43-46-49-52-55-58-61-64-67-70-76(79)82-73-74(72-81-75(78)69-66-63-60-57-54-51-48-45-30-27-24-21-18-15-12-9-6-3)83-77(80)71-68-65-62-59-56-53-50-47-44-42-39-36-34-32-29-26-23-20-17-14-11-8-5-2/h8,11,17,20,26,29,34,36,42,44,50,53,74H,4-7,9-10,12-16,18-19,21-25,27-28,30-33,35,37-41,43,45-49,51-52,54-73H2,1-3H3/b11-8-,20-17-,29-26-,36-34-,44-42-,53-50-. The van der Waals surface area contributed by atoms with E-state index in [2.05, 4.69) is 93.7 Å². The summed E-state index contributed by atoms with van der Waals surface area (Å²) in [5.41, 5.74) is 0. The van der Waals surface area contributed by atoms with Crippen LogP contribution in [0, 0.1) is 0 Å². The van der Waals surface area contributed by atoms with Gasteiger partial charge in [-0.25, -0.2) is 0 Å². The number of rotatable bonds is 67. The maximum atomic E-state index is 13.0. The molecule has 0 rings (SSSR count). The highest BCUT2D eigenvalue weighted by Gasteiger charge is 2.19. The molecule has 0 spiro atoms. The van der Waals surface area contributed by atoms with Crippen molar-refractivity contribution in [1.29, 1.82) is 0 Å². The van der Waals surface area contributed by atoms with E-state index in [1.54, 1.807) is 0 Å². The van der Waals surface area contributed by atoms with Gasteiger partial charge in [0.15, 0.2) is 6.10 Å². The number of ether oxygens (including phenoxy) is 3. The second-order valence-corrected chi connectivity index (χ2v) is 24.5. The normalized spacial score (nSPS) is 12.5.